The number of carbonyl (C=O) groups is 1. The fourth-order valence-corrected chi connectivity index (χ4v) is 3.72. The van der Waals surface area contributed by atoms with Crippen LogP contribution in [-0.2, 0) is 16.0 Å². The highest BCUT2D eigenvalue weighted by Gasteiger charge is 2.38. The molecule has 1 aliphatic heterocycles. The molecule has 1 fully saturated rings. The minimum absolute atomic E-state index is 0.209. The summed E-state index contributed by atoms with van der Waals surface area (Å²) in [6.45, 7) is 0. The third-order valence-electron chi connectivity index (χ3n) is 4.97. The van der Waals surface area contributed by atoms with Crippen LogP contribution in [0, 0.1) is 5.82 Å². The number of benzene rings is 3. The van der Waals surface area contributed by atoms with Crippen LogP contribution < -0.4 is 5.32 Å². The van der Waals surface area contributed by atoms with Gasteiger partial charge in [0, 0.05) is 16.5 Å². The highest BCUT2D eigenvalue weighted by Crippen LogP contribution is 2.37. The van der Waals surface area contributed by atoms with Crippen molar-refractivity contribution in [2.24, 2.45) is 0 Å². The molecule has 6 heteroatoms. The molecule has 0 bridgehead atoms. The molecule has 148 valence electrons. The number of halogens is 3. The first-order valence-corrected chi connectivity index (χ1v) is 9.96. The van der Waals surface area contributed by atoms with E-state index >= 15 is 0 Å². The quantitative estimate of drug-likeness (QED) is 0.579. The molecular formula is C23H18Cl2FNO2. The number of hydrogen-bond acceptors (Lipinski definition) is 2. The minimum Gasteiger partial charge on any atom is -0.358 e. The topological polar surface area (TPSA) is 38.3 Å². The summed E-state index contributed by atoms with van der Waals surface area (Å²) in [6, 6.07) is 20.4. The highest BCUT2D eigenvalue weighted by atomic mass is 35.5. The van der Waals surface area contributed by atoms with E-state index in [0.29, 0.717) is 16.5 Å². The van der Waals surface area contributed by atoms with Gasteiger partial charge in [0.15, 0.2) is 0 Å². The number of amides is 1. The Labute approximate surface area is 178 Å². The molecule has 0 saturated carbocycles. The summed E-state index contributed by atoms with van der Waals surface area (Å²) >= 11 is 12.1. The van der Waals surface area contributed by atoms with Crippen LogP contribution in [0.3, 0.4) is 0 Å². The predicted molar refractivity (Wildman–Crippen MR) is 112 cm³/mol. The van der Waals surface area contributed by atoms with Crippen molar-refractivity contribution in [3.05, 3.63) is 105 Å². The third kappa shape index (κ3) is 4.61. The van der Waals surface area contributed by atoms with Crippen molar-refractivity contribution in [1.82, 2.24) is 5.32 Å². The van der Waals surface area contributed by atoms with Gasteiger partial charge in [-0.1, -0.05) is 59.6 Å². The molecule has 0 aliphatic carbocycles. The zero-order chi connectivity index (χ0) is 20.4. The van der Waals surface area contributed by atoms with Gasteiger partial charge >= 0.3 is 0 Å². The molecule has 3 atom stereocenters. The first-order chi connectivity index (χ1) is 14.0. The number of carbonyl (C=O) groups excluding carboxylic acids is 1. The van der Waals surface area contributed by atoms with E-state index in [0.717, 1.165) is 16.7 Å². The maximum absolute atomic E-state index is 13.2. The fourth-order valence-electron chi connectivity index (χ4n) is 3.47. The largest absolute Gasteiger partial charge is 0.358 e. The van der Waals surface area contributed by atoms with Crippen LogP contribution in [-0.4, -0.2) is 12.0 Å². The Kier molecular flexibility index (Phi) is 5.86. The van der Waals surface area contributed by atoms with Crippen molar-refractivity contribution in [2.75, 3.05) is 0 Å². The highest BCUT2D eigenvalue weighted by molar-refractivity contribution is 6.30. The zero-order valence-electron chi connectivity index (χ0n) is 15.3. The van der Waals surface area contributed by atoms with Crippen molar-refractivity contribution >= 4 is 29.1 Å². The second-order valence-electron chi connectivity index (χ2n) is 6.97. The Morgan fingerprint density at radius 1 is 0.828 bits per heavy atom. The first kappa shape index (κ1) is 19.9. The van der Waals surface area contributed by atoms with Crippen LogP contribution >= 0.6 is 23.2 Å². The Morgan fingerprint density at radius 2 is 1.38 bits per heavy atom. The van der Waals surface area contributed by atoms with Crippen LogP contribution in [0.1, 0.15) is 28.8 Å². The average Bonchev–Trinajstić information content (AvgIpc) is 2.72. The molecule has 1 amide bonds. The molecule has 1 heterocycles. The van der Waals surface area contributed by atoms with E-state index in [1.165, 1.54) is 12.1 Å². The lowest BCUT2D eigenvalue weighted by molar-refractivity contribution is -0.150. The normalized spacial score (nSPS) is 21.6. The fraction of sp³-hybridized carbons (Fsp3) is 0.174. The van der Waals surface area contributed by atoms with E-state index in [2.05, 4.69) is 5.32 Å². The molecule has 1 aliphatic rings. The molecule has 3 aromatic rings. The van der Waals surface area contributed by atoms with Crippen LogP contribution in [0.5, 0.6) is 0 Å². The Hall–Kier alpha value is -2.40. The SMILES string of the molecule is O=C1NC(c2ccc(Cl)cc2)[C@@H](c2ccc(Cl)cc2)O[C@@H]1Cc1ccc(F)cc1. The lowest BCUT2D eigenvalue weighted by atomic mass is 9.92. The second-order valence-corrected chi connectivity index (χ2v) is 7.84. The van der Waals surface area contributed by atoms with Gasteiger partial charge in [-0.05, 0) is 53.1 Å². The van der Waals surface area contributed by atoms with Gasteiger partial charge in [-0.2, -0.15) is 0 Å². The van der Waals surface area contributed by atoms with Crippen LogP contribution in [0.15, 0.2) is 72.8 Å². The van der Waals surface area contributed by atoms with E-state index in [1.54, 1.807) is 36.4 Å². The molecule has 0 aromatic heterocycles. The maximum Gasteiger partial charge on any atom is 0.250 e. The molecule has 1 unspecified atom stereocenters. The van der Waals surface area contributed by atoms with Crippen LogP contribution in [0.2, 0.25) is 10.0 Å². The molecule has 1 saturated heterocycles. The van der Waals surface area contributed by atoms with Gasteiger partial charge in [-0.15, -0.1) is 0 Å². The van der Waals surface area contributed by atoms with Crippen LogP contribution in [0.25, 0.3) is 0 Å². The number of rotatable bonds is 4. The molecule has 0 spiro atoms. The number of morpholine rings is 1. The maximum atomic E-state index is 13.2. The number of ether oxygens (including phenoxy) is 1. The summed E-state index contributed by atoms with van der Waals surface area (Å²) in [5.41, 5.74) is 2.62. The molecule has 1 N–H and O–H groups in total. The molecule has 3 nitrogen and oxygen atoms in total. The Bertz CT molecular complexity index is 991. The monoisotopic (exact) mass is 429 g/mol. The van der Waals surface area contributed by atoms with Crippen molar-refractivity contribution in [1.29, 1.82) is 0 Å². The van der Waals surface area contributed by atoms with E-state index in [4.69, 9.17) is 27.9 Å². The zero-order valence-corrected chi connectivity index (χ0v) is 16.8. The van der Waals surface area contributed by atoms with E-state index in [1.807, 2.05) is 24.3 Å². The third-order valence-corrected chi connectivity index (χ3v) is 5.47. The molecular weight excluding hydrogens is 412 g/mol. The van der Waals surface area contributed by atoms with Gasteiger partial charge in [-0.3, -0.25) is 4.79 Å². The summed E-state index contributed by atoms with van der Waals surface area (Å²) in [6.07, 6.45) is -0.745. The summed E-state index contributed by atoms with van der Waals surface area (Å²) < 4.78 is 19.5. The smallest absolute Gasteiger partial charge is 0.250 e. The van der Waals surface area contributed by atoms with Gasteiger partial charge in [-0.25, -0.2) is 4.39 Å². The van der Waals surface area contributed by atoms with E-state index in [9.17, 15) is 9.18 Å². The Morgan fingerprint density at radius 3 is 1.97 bits per heavy atom. The van der Waals surface area contributed by atoms with Gasteiger partial charge in [0.1, 0.15) is 18.0 Å². The van der Waals surface area contributed by atoms with Crippen molar-refractivity contribution in [2.45, 2.75) is 24.7 Å². The molecule has 29 heavy (non-hydrogen) atoms. The van der Waals surface area contributed by atoms with E-state index < -0.39 is 12.2 Å². The average molecular weight is 430 g/mol. The Balaban J connectivity index is 1.64. The minimum atomic E-state index is -0.690. The van der Waals surface area contributed by atoms with Gasteiger partial charge in [0.05, 0.1) is 6.04 Å². The number of nitrogens with one attached hydrogen (secondary N) is 1. The summed E-state index contributed by atoms with van der Waals surface area (Å²) in [5, 5.41) is 4.33. The van der Waals surface area contributed by atoms with Gasteiger partial charge in [0.25, 0.3) is 0 Å². The summed E-state index contributed by atoms with van der Waals surface area (Å²) in [4.78, 5) is 12.8. The number of hydrogen-bond donors (Lipinski definition) is 1. The molecule has 3 aromatic carbocycles. The van der Waals surface area contributed by atoms with Gasteiger partial charge in [0.2, 0.25) is 5.91 Å². The second kappa shape index (κ2) is 8.54. The van der Waals surface area contributed by atoms with Crippen molar-refractivity contribution < 1.29 is 13.9 Å². The lowest BCUT2D eigenvalue weighted by Crippen LogP contribution is -2.48. The summed E-state index contributed by atoms with van der Waals surface area (Å²) in [7, 11) is 0. The standard InChI is InChI=1S/C23H18Cl2FNO2/c24-17-7-3-15(4-8-17)21-22(16-5-9-18(25)10-6-16)29-20(23(28)27-21)13-14-1-11-19(26)12-2-14/h1-12,20-22H,13H2,(H,27,28)/t20-,21?,22-/m1/s1. The van der Waals surface area contributed by atoms with Crippen LogP contribution in [0.4, 0.5) is 4.39 Å². The summed E-state index contributed by atoms with van der Waals surface area (Å²) in [5.74, 6) is -0.524. The van der Waals surface area contributed by atoms with E-state index in [-0.39, 0.29) is 17.8 Å². The van der Waals surface area contributed by atoms with Crippen molar-refractivity contribution in [3.8, 4) is 0 Å². The molecule has 4 rings (SSSR count). The van der Waals surface area contributed by atoms with Crippen molar-refractivity contribution in [3.63, 3.8) is 0 Å². The lowest BCUT2D eigenvalue weighted by Gasteiger charge is -2.37. The van der Waals surface area contributed by atoms with Gasteiger partial charge < -0.3 is 10.1 Å². The predicted octanol–water partition coefficient (Wildman–Crippen LogP) is 5.67. The molecule has 0 radical (unpaired) electrons. The first-order valence-electron chi connectivity index (χ1n) is 9.21.